The lowest BCUT2D eigenvalue weighted by Crippen LogP contribution is -2.60. The number of carboxylic acid groups (broad SMARTS) is 2. The minimum absolute atomic E-state index is 0.0168. The fourth-order valence-electron chi connectivity index (χ4n) is 7.49. The largest absolute Gasteiger partial charge is 0.481 e. The minimum Gasteiger partial charge on any atom is -0.481 e. The number of likely N-dealkylation sites (tertiary alicyclic amines) is 1. The van der Waals surface area contributed by atoms with Crippen molar-refractivity contribution in [3.8, 4) is 0 Å². The summed E-state index contributed by atoms with van der Waals surface area (Å²) in [6, 6.07) is 5.68. The van der Waals surface area contributed by atoms with E-state index in [0.29, 0.717) is 27.7 Å². The van der Waals surface area contributed by atoms with Crippen molar-refractivity contribution in [2.45, 2.75) is 80.9 Å². The van der Waals surface area contributed by atoms with Crippen molar-refractivity contribution in [1.29, 1.82) is 0 Å². The molecule has 0 aliphatic carbocycles. The molecule has 1 saturated heterocycles. The Morgan fingerprint density at radius 1 is 0.758 bits per heavy atom. The lowest BCUT2D eigenvalue weighted by Gasteiger charge is -2.30. The SMILES string of the molecule is N[C@@H](Cc1cnc[nH]1)C(=O)N[C@@H](CCC(=O)O)C(=O)N1C[C@H](O)C[C@H]1C(=O)N[C@@H](Cc1c[nH]c2ccccc12)C(=O)N[C@@H](CO)C(=O)N[C@@H](Cc1c[nH]c2ccccc12)C(=O)O. The number of aliphatic carboxylic acids is 2. The summed E-state index contributed by atoms with van der Waals surface area (Å²) in [6.45, 7) is -1.32. The number of aliphatic hydroxyl groups excluding tert-OH is 2. The van der Waals surface area contributed by atoms with Gasteiger partial charge < -0.3 is 67.3 Å². The predicted octanol–water partition coefficient (Wildman–Crippen LogP) is -1.43. The minimum atomic E-state index is -1.67. The molecule has 4 heterocycles. The van der Waals surface area contributed by atoms with Gasteiger partial charge in [-0.3, -0.25) is 28.8 Å². The van der Waals surface area contributed by atoms with Crippen molar-refractivity contribution >= 4 is 63.3 Å². The van der Waals surface area contributed by atoms with Gasteiger partial charge in [0.2, 0.25) is 29.5 Å². The highest BCUT2D eigenvalue weighted by atomic mass is 16.4. The molecule has 62 heavy (non-hydrogen) atoms. The zero-order chi connectivity index (χ0) is 44.5. The summed E-state index contributed by atoms with van der Waals surface area (Å²) in [5.74, 6) is -7.15. The standard InChI is InChI=1S/C41H48N10O11/c42-27(13-23-17-43-20-46-23)36(56)47-30(9-10-35(54)55)40(60)51-18-24(53)14-34(51)39(59)48-31(11-21-15-44-28-7-3-1-5-25(21)28)37(57)50-33(19-52)38(58)49-32(41(61)62)12-22-16-45-29-8-4-2-6-26(22)29/h1-8,15-17,20,24,27,30-34,44-45,52-53H,9-14,18-19,42H2,(H,43,46)(H,47,56)(H,48,59)(H,49,58)(H,50,57)(H,54,55)(H,61,62)/t24-,27+,30+,31+,32+,33+,34+/m1/s1. The molecule has 5 aromatic rings. The normalized spacial score (nSPS) is 17.4. The van der Waals surface area contributed by atoms with E-state index in [4.69, 9.17) is 5.73 Å². The average molecular weight is 857 g/mol. The van der Waals surface area contributed by atoms with E-state index in [1.807, 2.05) is 6.07 Å². The molecule has 6 rings (SSSR count). The number of H-pyrrole nitrogens is 3. The second kappa shape index (κ2) is 20.0. The number of hydrogen-bond acceptors (Lipinski definition) is 11. The van der Waals surface area contributed by atoms with Crippen molar-refractivity contribution < 1.29 is 54.0 Å². The molecule has 7 atom stereocenters. The maximum Gasteiger partial charge on any atom is 0.326 e. The van der Waals surface area contributed by atoms with Crippen molar-refractivity contribution in [2.75, 3.05) is 13.2 Å². The van der Waals surface area contributed by atoms with Crippen LogP contribution in [0.5, 0.6) is 0 Å². The van der Waals surface area contributed by atoms with Gasteiger partial charge in [0.15, 0.2) is 0 Å². The van der Waals surface area contributed by atoms with Crippen molar-refractivity contribution in [1.82, 2.24) is 46.1 Å². The molecule has 21 nitrogen and oxygen atoms in total. The number of rotatable bonds is 20. The molecule has 0 radical (unpaired) electrons. The summed E-state index contributed by atoms with van der Waals surface area (Å²) in [4.78, 5) is 107. The van der Waals surface area contributed by atoms with E-state index >= 15 is 0 Å². The molecule has 328 valence electrons. The Balaban J connectivity index is 1.19. The number of para-hydroxylation sites is 2. The van der Waals surface area contributed by atoms with Gasteiger partial charge in [0.25, 0.3) is 0 Å². The number of nitrogens with zero attached hydrogens (tertiary/aromatic N) is 2. The summed E-state index contributed by atoms with van der Waals surface area (Å²) < 4.78 is 0. The number of amides is 5. The number of imidazole rings is 1. The zero-order valence-electron chi connectivity index (χ0n) is 33.2. The number of β-amino-alcohol motifs (C(OH)–C–C–N with tert-alkyl or cyclic N) is 1. The molecule has 0 unspecified atom stereocenters. The molecular weight excluding hydrogens is 809 g/mol. The molecule has 1 fully saturated rings. The third-order valence-corrected chi connectivity index (χ3v) is 10.7. The van der Waals surface area contributed by atoms with Crippen LogP contribution in [0.15, 0.2) is 73.4 Å². The Kier molecular flexibility index (Phi) is 14.3. The molecule has 1 aliphatic rings. The Labute approximate surface area is 352 Å². The summed E-state index contributed by atoms with van der Waals surface area (Å²) in [6.07, 6.45) is 3.40. The van der Waals surface area contributed by atoms with E-state index in [-0.39, 0.29) is 38.6 Å². The first-order valence-corrected chi connectivity index (χ1v) is 19.8. The third kappa shape index (κ3) is 10.8. The molecule has 0 spiro atoms. The van der Waals surface area contributed by atoms with Gasteiger partial charge in [-0.25, -0.2) is 9.78 Å². The van der Waals surface area contributed by atoms with Gasteiger partial charge in [-0.05, 0) is 29.7 Å². The van der Waals surface area contributed by atoms with Crippen LogP contribution in [0.25, 0.3) is 21.8 Å². The molecule has 3 aromatic heterocycles. The van der Waals surface area contributed by atoms with E-state index in [1.54, 1.807) is 54.9 Å². The summed E-state index contributed by atoms with van der Waals surface area (Å²) in [5.41, 5.74) is 9.24. The highest BCUT2D eigenvalue weighted by Gasteiger charge is 2.43. The summed E-state index contributed by atoms with van der Waals surface area (Å²) in [7, 11) is 0. The quantitative estimate of drug-likeness (QED) is 0.0428. The fourth-order valence-corrected chi connectivity index (χ4v) is 7.49. The molecule has 0 bridgehead atoms. The van der Waals surface area contributed by atoms with Gasteiger partial charge in [0, 0.05) is 84.7 Å². The average Bonchev–Trinajstić information content (AvgIpc) is 4.08. The summed E-state index contributed by atoms with van der Waals surface area (Å²) in [5, 5.41) is 51.8. The van der Waals surface area contributed by atoms with Gasteiger partial charge in [-0.2, -0.15) is 0 Å². The van der Waals surface area contributed by atoms with Gasteiger partial charge in [-0.1, -0.05) is 36.4 Å². The number of aliphatic hydroxyl groups is 2. The lowest BCUT2D eigenvalue weighted by molar-refractivity contribution is -0.143. The van der Waals surface area contributed by atoms with E-state index in [2.05, 4.69) is 41.2 Å². The van der Waals surface area contributed by atoms with Crippen LogP contribution < -0.4 is 27.0 Å². The highest BCUT2D eigenvalue weighted by Crippen LogP contribution is 2.23. The Bertz CT molecular complexity index is 2410. The van der Waals surface area contributed by atoms with Crippen molar-refractivity contribution in [2.24, 2.45) is 5.73 Å². The molecule has 1 aliphatic heterocycles. The Morgan fingerprint density at radius 3 is 1.92 bits per heavy atom. The van der Waals surface area contributed by atoms with E-state index < -0.39 is 96.9 Å². The van der Waals surface area contributed by atoms with E-state index in [1.165, 1.54) is 12.5 Å². The molecular formula is C41H48N10O11. The molecule has 13 N–H and O–H groups in total. The number of carbonyl (C=O) groups is 7. The number of carbonyl (C=O) groups excluding carboxylic acids is 5. The van der Waals surface area contributed by atoms with Crippen LogP contribution in [0.4, 0.5) is 0 Å². The summed E-state index contributed by atoms with van der Waals surface area (Å²) >= 11 is 0. The number of aromatic amines is 3. The fraction of sp³-hybridized carbons (Fsp3) is 0.366. The maximum atomic E-state index is 14.2. The third-order valence-electron chi connectivity index (χ3n) is 10.7. The first-order chi connectivity index (χ1) is 29.7. The van der Waals surface area contributed by atoms with Crippen LogP contribution in [-0.4, -0.2) is 142 Å². The monoisotopic (exact) mass is 856 g/mol. The maximum absolute atomic E-state index is 14.2. The smallest absolute Gasteiger partial charge is 0.326 e. The number of aromatic nitrogens is 4. The zero-order valence-corrected chi connectivity index (χ0v) is 33.2. The van der Waals surface area contributed by atoms with Gasteiger partial charge >= 0.3 is 11.9 Å². The Hall–Kier alpha value is -7.10. The first kappa shape index (κ1) is 44.5. The van der Waals surface area contributed by atoms with Crippen LogP contribution in [-0.2, 0) is 52.8 Å². The van der Waals surface area contributed by atoms with E-state index in [0.717, 1.165) is 15.8 Å². The molecule has 21 heteroatoms. The van der Waals surface area contributed by atoms with Crippen LogP contribution in [0.3, 0.4) is 0 Å². The van der Waals surface area contributed by atoms with Gasteiger partial charge in [-0.15, -0.1) is 0 Å². The first-order valence-electron chi connectivity index (χ1n) is 19.8. The second-order valence-corrected chi connectivity index (χ2v) is 15.1. The number of benzene rings is 2. The topological polar surface area (TPSA) is 338 Å². The van der Waals surface area contributed by atoms with Crippen molar-refractivity contribution in [3.05, 3.63) is 90.3 Å². The van der Waals surface area contributed by atoms with Crippen LogP contribution in [0, 0.1) is 0 Å². The number of fused-ring (bicyclic) bond motifs is 2. The van der Waals surface area contributed by atoms with Gasteiger partial charge in [0.1, 0.15) is 30.2 Å². The number of carboxylic acids is 2. The van der Waals surface area contributed by atoms with Crippen LogP contribution in [0.1, 0.15) is 36.1 Å². The van der Waals surface area contributed by atoms with Crippen LogP contribution >= 0.6 is 0 Å². The van der Waals surface area contributed by atoms with E-state index in [9.17, 15) is 54.0 Å². The molecule has 5 amide bonds. The van der Waals surface area contributed by atoms with Crippen molar-refractivity contribution in [3.63, 3.8) is 0 Å². The van der Waals surface area contributed by atoms with Crippen LogP contribution in [0.2, 0.25) is 0 Å². The lowest BCUT2D eigenvalue weighted by atomic mass is 10.0. The number of hydrogen-bond donors (Lipinski definition) is 12. The predicted molar refractivity (Wildman–Crippen MR) is 220 cm³/mol. The highest BCUT2D eigenvalue weighted by molar-refractivity contribution is 5.97. The molecule has 2 aromatic carbocycles. The number of nitrogens with one attached hydrogen (secondary N) is 7. The Morgan fingerprint density at radius 2 is 1.34 bits per heavy atom. The second-order valence-electron chi connectivity index (χ2n) is 15.1. The molecule has 0 saturated carbocycles. The van der Waals surface area contributed by atoms with Gasteiger partial charge in [0.05, 0.1) is 25.1 Å². The number of nitrogens with two attached hydrogens (primary N) is 1.